The van der Waals surface area contributed by atoms with E-state index >= 15 is 0 Å². The summed E-state index contributed by atoms with van der Waals surface area (Å²) in [6.45, 7) is 14.0. The van der Waals surface area contributed by atoms with Crippen LogP contribution in [0.3, 0.4) is 0 Å². The summed E-state index contributed by atoms with van der Waals surface area (Å²) in [5, 5.41) is 1.19. The highest BCUT2D eigenvalue weighted by Crippen LogP contribution is 2.32. The number of fused-ring (bicyclic) bond motifs is 1. The molecule has 3 aromatic rings. The molecule has 3 heterocycles. The molecule has 5 nitrogen and oxygen atoms in total. The van der Waals surface area contributed by atoms with Gasteiger partial charge in [-0.2, -0.15) is 0 Å². The standard InChI is InChI=1S/C28H37FN4O/c1-18(2)15-32-10-9-21(16-32)11-22-17-33(26-14-30-13-20(5)27(22)26)25-8-7-23(29)12-24(25)28(34)31(6)19(3)4/h7-8,12-14,17-19,21H,9-11,15-16H2,1-6H3/t21-/m0/s1. The van der Waals surface area contributed by atoms with Crippen molar-refractivity contribution in [2.45, 2.75) is 53.5 Å². The molecule has 1 aromatic carbocycles. The summed E-state index contributed by atoms with van der Waals surface area (Å²) in [5.41, 5.74) is 4.41. The van der Waals surface area contributed by atoms with E-state index in [-0.39, 0.29) is 11.9 Å². The molecule has 0 spiro atoms. The van der Waals surface area contributed by atoms with Gasteiger partial charge < -0.3 is 14.4 Å². The Balaban J connectivity index is 1.76. The lowest BCUT2D eigenvalue weighted by Gasteiger charge is -2.23. The monoisotopic (exact) mass is 464 g/mol. The molecule has 1 aliphatic rings. The number of pyridine rings is 1. The molecule has 6 heteroatoms. The summed E-state index contributed by atoms with van der Waals surface area (Å²) < 4.78 is 16.3. The molecule has 1 saturated heterocycles. The first-order valence-corrected chi connectivity index (χ1v) is 12.4. The topological polar surface area (TPSA) is 41.4 Å². The average Bonchev–Trinajstić information content (AvgIpc) is 3.37. The molecule has 1 fully saturated rings. The van der Waals surface area contributed by atoms with Crippen LogP contribution in [-0.2, 0) is 6.42 Å². The SMILES string of the molecule is Cc1cncc2c1c(C[C@@H]1CCN(CC(C)C)C1)cn2-c1ccc(F)cc1C(=O)N(C)C(C)C. The van der Waals surface area contributed by atoms with Crippen LogP contribution in [0.2, 0.25) is 0 Å². The zero-order valence-electron chi connectivity index (χ0n) is 21.3. The summed E-state index contributed by atoms with van der Waals surface area (Å²) in [6.07, 6.45) is 8.08. The highest BCUT2D eigenvalue weighted by Gasteiger charge is 2.26. The lowest BCUT2D eigenvalue weighted by molar-refractivity contribution is 0.0754. The first-order valence-electron chi connectivity index (χ1n) is 12.4. The van der Waals surface area contributed by atoms with Crippen molar-refractivity contribution in [1.29, 1.82) is 0 Å². The molecule has 182 valence electrons. The maximum absolute atomic E-state index is 14.3. The Morgan fingerprint density at radius 2 is 2.00 bits per heavy atom. The van der Waals surface area contributed by atoms with E-state index < -0.39 is 5.82 Å². The number of rotatable bonds is 7. The van der Waals surface area contributed by atoms with E-state index in [1.165, 1.54) is 29.5 Å². The molecule has 0 N–H and O–H groups in total. The summed E-state index contributed by atoms with van der Waals surface area (Å²) >= 11 is 0. The number of aromatic nitrogens is 2. The molecule has 2 aromatic heterocycles. The van der Waals surface area contributed by atoms with E-state index in [4.69, 9.17) is 0 Å². The number of hydrogen-bond acceptors (Lipinski definition) is 3. The maximum atomic E-state index is 14.3. The predicted molar refractivity (Wildman–Crippen MR) is 136 cm³/mol. The van der Waals surface area contributed by atoms with Crippen molar-refractivity contribution in [3.05, 3.63) is 59.3 Å². The van der Waals surface area contributed by atoms with Crippen molar-refractivity contribution in [1.82, 2.24) is 19.4 Å². The van der Waals surface area contributed by atoms with Gasteiger partial charge in [0.1, 0.15) is 5.82 Å². The summed E-state index contributed by atoms with van der Waals surface area (Å²) in [7, 11) is 1.76. The zero-order chi connectivity index (χ0) is 24.6. The molecular formula is C28H37FN4O. The Morgan fingerprint density at radius 1 is 1.24 bits per heavy atom. The van der Waals surface area contributed by atoms with Gasteiger partial charge in [0.05, 0.1) is 23.0 Å². The molecule has 4 rings (SSSR count). The van der Waals surface area contributed by atoms with Gasteiger partial charge in [-0.1, -0.05) is 13.8 Å². The van der Waals surface area contributed by atoms with E-state index in [0.717, 1.165) is 37.1 Å². The Hall–Kier alpha value is -2.73. The van der Waals surface area contributed by atoms with Gasteiger partial charge in [0.15, 0.2) is 0 Å². The van der Waals surface area contributed by atoms with E-state index in [0.29, 0.717) is 23.1 Å². The Kier molecular flexibility index (Phi) is 7.08. The van der Waals surface area contributed by atoms with E-state index in [9.17, 15) is 9.18 Å². The van der Waals surface area contributed by atoms with E-state index in [1.807, 2.05) is 30.8 Å². The number of carbonyl (C=O) groups excluding carboxylic acids is 1. The van der Waals surface area contributed by atoms with E-state index in [1.54, 1.807) is 18.0 Å². The molecule has 0 aliphatic carbocycles. The van der Waals surface area contributed by atoms with Crippen molar-refractivity contribution in [3.63, 3.8) is 0 Å². The zero-order valence-corrected chi connectivity index (χ0v) is 21.3. The summed E-state index contributed by atoms with van der Waals surface area (Å²) in [6, 6.07) is 4.51. The predicted octanol–water partition coefficient (Wildman–Crippen LogP) is 5.47. The molecule has 0 bridgehead atoms. The molecule has 0 unspecified atom stereocenters. The van der Waals surface area contributed by atoms with Gasteiger partial charge in [-0.25, -0.2) is 4.39 Å². The van der Waals surface area contributed by atoms with Crippen molar-refractivity contribution >= 4 is 16.8 Å². The third kappa shape index (κ3) is 4.88. The Labute approximate surface area is 202 Å². The number of hydrogen-bond donors (Lipinski definition) is 0. The fourth-order valence-corrected chi connectivity index (χ4v) is 5.18. The number of halogens is 1. The van der Waals surface area contributed by atoms with Gasteiger partial charge in [-0.15, -0.1) is 0 Å². The normalized spacial score (nSPS) is 16.8. The minimum atomic E-state index is -0.411. The van der Waals surface area contributed by atoms with Crippen LogP contribution in [0, 0.1) is 24.6 Å². The molecule has 1 aliphatic heterocycles. The minimum absolute atomic E-state index is 0.0145. The van der Waals surface area contributed by atoms with Crippen LogP contribution < -0.4 is 0 Å². The van der Waals surface area contributed by atoms with Crippen LogP contribution >= 0.6 is 0 Å². The average molecular weight is 465 g/mol. The number of aryl methyl sites for hydroxylation is 1. The van der Waals surface area contributed by atoms with Crippen LogP contribution in [0.25, 0.3) is 16.6 Å². The van der Waals surface area contributed by atoms with Crippen molar-refractivity contribution in [3.8, 4) is 5.69 Å². The number of likely N-dealkylation sites (tertiary alicyclic amines) is 1. The van der Waals surface area contributed by atoms with Gasteiger partial charge in [-0.05, 0) is 81.3 Å². The number of amides is 1. The second-order valence-electron chi connectivity index (χ2n) is 10.6. The van der Waals surface area contributed by atoms with Crippen molar-refractivity contribution in [2.75, 3.05) is 26.7 Å². The molecule has 0 radical (unpaired) electrons. The highest BCUT2D eigenvalue weighted by atomic mass is 19.1. The third-order valence-corrected chi connectivity index (χ3v) is 7.03. The fraction of sp³-hybridized carbons (Fsp3) is 0.500. The first kappa shape index (κ1) is 24.4. The summed E-state index contributed by atoms with van der Waals surface area (Å²) in [5.74, 6) is 0.680. The summed E-state index contributed by atoms with van der Waals surface area (Å²) in [4.78, 5) is 21.9. The number of benzene rings is 1. The molecule has 1 amide bonds. The second-order valence-corrected chi connectivity index (χ2v) is 10.6. The smallest absolute Gasteiger partial charge is 0.256 e. The van der Waals surface area contributed by atoms with Gasteiger partial charge in [-0.3, -0.25) is 9.78 Å². The fourth-order valence-electron chi connectivity index (χ4n) is 5.18. The van der Waals surface area contributed by atoms with Gasteiger partial charge in [0.2, 0.25) is 0 Å². The lowest BCUT2D eigenvalue weighted by atomic mass is 9.97. The molecular weight excluding hydrogens is 427 g/mol. The van der Waals surface area contributed by atoms with Crippen molar-refractivity contribution < 1.29 is 9.18 Å². The van der Waals surface area contributed by atoms with Gasteiger partial charge in [0, 0.05) is 44.0 Å². The van der Waals surface area contributed by atoms with Gasteiger partial charge in [0.25, 0.3) is 5.91 Å². The quantitative estimate of drug-likeness (QED) is 0.465. The largest absolute Gasteiger partial charge is 0.339 e. The first-order chi connectivity index (χ1) is 16.2. The van der Waals surface area contributed by atoms with Crippen molar-refractivity contribution in [2.24, 2.45) is 11.8 Å². The number of nitrogens with zero attached hydrogens (tertiary/aromatic N) is 4. The highest BCUT2D eigenvalue weighted by molar-refractivity contribution is 5.99. The van der Waals surface area contributed by atoms with Crippen LogP contribution in [0.4, 0.5) is 4.39 Å². The van der Waals surface area contributed by atoms with E-state index in [2.05, 4.69) is 36.9 Å². The maximum Gasteiger partial charge on any atom is 0.256 e. The number of carbonyl (C=O) groups is 1. The third-order valence-electron chi connectivity index (χ3n) is 7.03. The Morgan fingerprint density at radius 3 is 2.71 bits per heavy atom. The molecule has 34 heavy (non-hydrogen) atoms. The van der Waals surface area contributed by atoms with Gasteiger partial charge >= 0.3 is 0 Å². The second kappa shape index (κ2) is 9.87. The van der Waals surface area contributed by atoms with Crippen LogP contribution in [0.1, 0.15) is 55.6 Å². The lowest BCUT2D eigenvalue weighted by Crippen LogP contribution is -2.33. The van der Waals surface area contributed by atoms with Crippen LogP contribution in [0.15, 0.2) is 36.8 Å². The molecule has 1 atom stereocenters. The minimum Gasteiger partial charge on any atom is -0.339 e. The molecule has 0 saturated carbocycles. The van der Waals surface area contributed by atoms with Crippen LogP contribution in [-0.4, -0.2) is 58.0 Å². The Bertz CT molecular complexity index is 1180. The van der Waals surface area contributed by atoms with Crippen LogP contribution in [0.5, 0.6) is 0 Å².